The molecule has 0 aromatic heterocycles. The molecule has 0 unspecified atom stereocenters. The molecule has 0 fully saturated rings. The Kier molecular flexibility index (Phi) is 3.13. The van der Waals surface area contributed by atoms with Gasteiger partial charge in [0.15, 0.2) is 0 Å². The highest BCUT2D eigenvalue weighted by Gasteiger charge is 2.40. The zero-order valence-corrected chi connectivity index (χ0v) is 13.1. The number of rotatable bonds is 1. The Balaban J connectivity index is 1.96. The van der Waals surface area contributed by atoms with Crippen LogP contribution in [0.15, 0.2) is 71.3 Å². The van der Waals surface area contributed by atoms with Crippen LogP contribution in [-0.4, -0.2) is 5.11 Å². The third-order valence-electron chi connectivity index (χ3n) is 4.44. The van der Waals surface area contributed by atoms with Gasteiger partial charge in [-0.15, -0.1) is 0 Å². The molecule has 0 bridgehead atoms. The second-order valence-corrected chi connectivity index (χ2v) is 5.79. The first kappa shape index (κ1) is 14.7. The molecule has 4 N–H and O–H groups in total. The number of aromatic hydroxyl groups is 1. The first-order valence-corrected chi connectivity index (χ1v) is 7.65. The minimum absolute atomic E-state index is 0.120. The van der Waals surface area contributed by atoms with Crippen molar-refractivity contribution in [2.75, 3.05) is 10.2 Å². The smallest absolute Gasteiger partial charge is 0.131 e. The second-order valence-electron chi connectivity index (χ2n) is 5.79. The summed E-state index contributed by atoms with van der Waals surface area (Å²) in [7, 11) is 0. The van der Waals surface area contributed by atoms with E-state index in [0.717, 1.165) is 16.9 Å². The van der Waals surface area contributed by atoms with Gasteiger partial charge in [-0.1, -0.05) is 24.3 Å². The highest BCUT2D eigenvalue weighted by atomic mass is 16.3. The molecule has 120 valence electrons. The number of nitrogens with one attached hydrogen (secondary N) is 1. The minimum atomic E-state index is -0.580. The Morgan fingerprint density at radius 1 is 1.00 bits per heavy atom. The summed E-state index contributed by atoms with van der Waals surface area (Å²) in [5.74, 6) is 0.406. The fourth-order valence-corrected chi connectivity index (χ4v) is 3.31. The van der Waals surface area contributed by atoms with E-state index < -0.39 is 5.92 Å². The maximum Gasteiger partial charge on any atom is 0.131 e. The predicted octanol–water partition coefficient (Wildman–Crippen LogP) is 2.85. The average molecular weight is 327 g/mol. The molecule has 0 radical (unpaired) electrons. The van der Waals surface area contributed by atoms with Gasteiger partial charge in [0.1, 0.15) is 17.4 Å². The lowest BCUT2D eigenvalue weighted by Crippen LogP contribution is -2.34. The van der Waals surface area contributed by atoms with Gasteiger partial charge in [-0.05, 0) is 29.8 Å². The molecule has 0 amide bonds. The van der Waals surface area contributed by atoms with Crippen molar-refractivity contribution >= 4 is 11.4 Å². The molecule has 25 heavy (non-hydrogen) atoms. The molecule has 6 nitrogen and oxygen atoms in total. The number of hydrogen-bond donors (Lipinski definition) is 3. The fraction of sp³-hybridized carbons (Fsp3) is 0.0526. The molecule has 0 saturated heterocycles. The lowest BCUT2D eigenvalue weighted by molar-refractivity contribution is 0.475. The summed E-state index contributed by atoms with van der Waals surface area (Å²) >= 11 is 0. The summed E-state index contributed by atoms with van der Waals surface area (Å²) in [4.78, 5) is 1.71. The van der Waals surface area contributed by atoms with Crippen molar-refractivity contribution in [3.05, 3.63) is 76.9 Å². The number of phenolic OH excluding ortho intramolecular Hbond substituents is 1. The van der Waals surface area contributed by atoms with Crippen molar-refractivity contribution in [2.24, 2.45) is 5.73 Å². The summed E-state index contributed by atoms with van der Waals surface area (Å²) in [6.07, 6.45) is 0. The first-order chi connectivity index (χ1) is 12.2. The van der Waals surface area contributed by atoms with Crippen LogP contribution < -0.4 is 16.0 Å². The van der Waals surface area contributed by atoms with Gasteiger partial charge in [-0.2, -0.15) is 10.5 Å². The summed E-state index contributed by atoms with van der Waals surface area (Å²) in [5.41, 5.74) is 9.39. The molecule has 2 aliphatic heterocycles. The number of nitrogens with two attached hydrogens (primary N) is 1. The Labute approximate surface area is 144 Å². The van der Waals surface area contributed by atoms with Crippen LogP contribution in [0.3, 0.4) is 0 Å². The van der Waals surface area contributed by atoms with Crippen molar-refractivity contribution in [3.63, 3.8) is 0 Å². The number of phenols is 1. The minimum Gasteiger partial charge on any atom is -0.508 e. The van der Waals surface area contributed by atoms with Crippen molar-refractivity contribution in [1.82, 2.24) is 0 Å². The Bertz CT molecular complexity index is 1020. The molecule has 2 heterocycles. The van der Waals surface area contributed by atoms with Gasteiger partial charge in [0.25, 0.3) is 0 Å². The van der Waals surface area contributed by atoms with Gasteiger partial charge in [0.2, 0.25) is 0 Å². The molecule has 1 atom stereocenters. The van der Waals surface area contributed by atoms with E-state index in [-0.39, 0.29) is 5.75 Å². The van der Waals surface area contributed by atoms with Gasteiger partial charge in [0, 0.05) is 0 Å². The fourth-order valence-electron chi connectivity index (χ4n) is 3.31. The summed E-state index contributed by atoms with van der Waals surface area (Å²) in [6.45, 7) is 0. The molecule has 6 heteroatoms. The van der Waals surface area contributed by atoms with Gasteiger partial charge in [-0.3, -0.25) is 4.90 Å². The van der Waals surface area contributed by atoms with Crippen LogP contribution in [0.5, 0.6) is 5.75 Å². The molecular weight excluding hydrogens is 314 g/mol. The highest BCUT2D eigenvalue weighted by molar-refractivity contribution is 5.86. The molecular formula is C19H13N5O. The van der Waals surface area contributed by atoms with Crippen molar-refractivity contribution < 1.29 is 5.11 Å². The first-order valence-electron chi connectivity index (χ1n) is 7.65. The Morgan fingerprint density at radius 3 is 2.36 bits per heavy atom. The number of para-hydroxylation sites is 2. The van der Waals surface area contributed by atoms with Crippen molar-refractivity contribution in [1.29, 1.82) is 10.5 Å². The number of nitriles is 2. The van der Waals surface area contributed by atoms with Crippen molar-refractivity contribution in [3.8, 4) is 17.9 Å². The highest BCUT2D eigenvalue weighted by Crippen LogP contribution is 2.47. The molecule has 0 aliphatic carbocycles. The third kappa shape index (κ3) is 2.02. The summed E-state index contributed by atoms with van der Waals surface area (Å²) in [6, 6.07) is 18.4. The lowest BCUT2D eigenvalue weighted by Gasteiger charge is -2.31. The van der Waals surface area contributed by atoms with Crippen LogP contribution in [0.25, 0.3) is 0 Å². The normalized spacial score (nSPS) is 18.2. The van der Waals surface area contributed by atoms with E-state index in [4.69, 9.17) is 5.73 Å². The van der Waals surface area contributed by atoms with Crippen LogP contribution in [0.4, 0.5) is 11.4 Å². The van der Waals surface area contributed by atoms with Gasteiger partial charge >= 0.3 is 0 Å². The summed E-state index contributed by atoms with van der Waals surface area (Å²) < 4.78 is 0. The monoisotopic (exact) mass is 327 g/mol. The van der Waals surface area contributed by atoms with E-state index in [0.29, 0.717) is 22.8 Å². The van der Waals surface area contributed by atoms with Gasteiger partial charge in [0.05, 0.1) is 40.6 Å². The number of benzene rings is 2. The number of allylic oxidation sites excluding steroid dienone is 2. The molecule has 0 spiro atoms. The molecule has 2 aromatic carbocycles. The van der Waals surface area contributed by atoms with Crippen LogP contribution in [0.1, 0.15) is 11.5 Å². The predicted molar refractivity (Wildman–Crippen MR) is 92.9 cm³/mol. The molecule has 2 aromatic rings. The van der Waals surface area contributed by atoms with E-state index in [1.165, 1.54) is 12.1 Å². The number of fused-ring (bicyclic) bond motifs is 3. The second kappa shape index (κ2) is 5.33. The van der Waals surface area contributed by atoms with Crippen LogP contribution in [0, 0.1) is 22.7 Å². The van der Waals surface area contributed by atoms with Crippen molar-refractivity contribution in [2.45, 2.75) is 5.92 Å². The van der Waals surface area contributed by atoms with E-state index in [9.17, 15) is 15.6 Å². The number of anilines is 2. The molecule has 4 rings (SSSR count). The maximum absolute atomic E-state index is 9.81. The van der Waals surface area contributed by atoms with Crippen LogP contribution >= 0.6 is 0 Å². The standard InChI is InChI=1S/C19H13N5O/c20-9-13-17(11-5-7-12(25)8-6-11)14(10-21)19-23-15-3-1-2-4-16(15)24(19)18(13)22/h1-8,17,23,25H,22H2/t17-/m0/s1. The van der Waals surface area contributed by atoms with E-state index in [2.05, 4.69) is 17.5 Å². The zero-order valence-electron chi connectivity index (χ0n) is 13.1. The van der Waals surface area contributed by atoms with Crippen LogP contribution in [-0.2, 0) is 0 Å². The molecule has 2 aliphatic rings. The molecule has 0 saturated carbocycles. The lowest BCUT2D eigenvalue weighted by atomic mass is 9.83. The SMILES string of the molecule is N#CC1=C(N)N2C(=C(C#N)[C@H]1c1ccc(O)cc1)Nc1ccccc12. The largest absolute Gasteiger partial charge is 0.508 e. The number of hydrogen-bond acceptors (Lipinski definition) is 6. The Morgan fingerprint density at radius 2 is 1.68 bits per heavy atom. The van der Waals surface area contributed by atoms with Gasteiger partial charge < -0.3 is 16.2 Å². The van der Waals surface area contributed by atoms with Gasteiger partial charge in [-0.25, -0.2) is 0 Å². The van der Waals surface area contributed by atoms with E-state index in [1.807, 2.05) is 24.3 Å². The quantitative estimate of drug-likeness (QED) is 0.743. The maximum atomic E-state index is 9.81. The average Bonchev–Trinajstić information content (AvgIpc) is 3.02. The topological polar surface area (TPSA) is 109 Å². The summed E-state index contributed by atoms with van der Waals surface area (Å²) in [5, 5.41) is 32.3. The third-order valence-corrected chi connectivity index (χ3v) is 4.44. The van der Waals surface area contributed by atoms with E-state index >= 15 is 0 Å². The zero-order chi connectivity index (χ0) is 17.6. The van der Waals surface area contributed by atoms with E-state index in [1.54, 1.807) is 17.0 Å². The number of nitrogens with zero attached hydrogens (tertiary/aromatic N) is 3. The van der Waals surface area contributed by atoms with Crippen LogP contribution in [0.2, 0.25) is 0 Å². The Hall–Kier alpha value is -3.90.